The number of nitrogens with one attached hydrogen (secondary N) is 2. The number of H-pyrrole nitrogens is 1. The summed E-state index contributed by atoms with van der Waals surface area (Å²) in [5, 5.41) is 2.52. The van der Waals surface area contributed by atoms with Crippen LogP contribution in [0.3, 0.4) is 0 Å². The van der Waals surface area contributed by atoms with E-state index in [9.17, 15) is 14.4 Å². The van der Waals surface area contributed by atoms with Crippen LogP contribution in [0.2, 0.25) is 0 Å². The number of benzene rings is 1. The molecule has 0 bridgehead atoms. The number of ether oxygens (including phenoxy) is 1. The van der Waals surface area contributed by atoms with Crippen molar-refractivity contribution < 1.29 is 18.7 Å². The normalized spacial score (nSPS) is 10.4. The lowest BCUT2D eigenvalue weighted by Crippen LogP contribution is -2.18. The Morgan fingerprint density at radius 3 is 2.95 bits per heavy atom. The summed E-state index contributed by atoms with van der Waals surface area (Å²) in [5.74, 6) is -1.64. The Morgan fingerprint density at radius 1 is 1.42 bits per heavy atom. The van der Waals surface area contributed by atoms with Gasteiger partial charge in [0, 0.05) is 11.8 Å². The largest absolute Gasteiger partial charge is 0.466 e. The second-order valence-corrected chi connectivity index (χ2v) is 3.76. The third-order valence-corrected chi connectivity index (χ3v) is 2.31. The molecule has 0 unspecified atom stereocenters. The Bertz CT molecular complexity index is 670. The summed E-state index contributed by atoms with van der Waals surface area (Å²) >= 11 is 0. The van der Waals surface area contributed by atoms with Gasteiger partial charge in [-0.25, -0.2) is 4.79 Å². The lowest BCUT2D eigenvalue weighted by molar-refractivity contribution is -0.145. The molecule has 1 aromatic heterocycles. The molecule has 0 fully saturated rings. The maximum atomic E-state index is 11.5. The van der Waals surface area contributed by atoms with Crippen molar-refractivity contribution >= 4 is 28.7 Å². The first kappa shape index (κ1) is 12.9. The van der Waals surface area contributed by atoms with Gasteiger partial charge >= 0.3 is 11.7 Å². The highest BCUT2D eigenvalue weighted by atomic mass is 16.5. The maximum absolute atomic E-state index is 11.5. The molecule has 1 amide bonds. The van der Waals surface area contributed by atoms with Crippen molar-refractivity contribution in [2.45, 2.75) is 13.3 Å². The molecule has 19 heavy (non-hydrogen) atoms. The van der Waals surface area contributed by atoms with Crippen LogP contribution in [0.1, 0.15) is 13.3 Å². The van der Waals surface area contributed by atoms with Gasteiger partial charge in [-0.3, -0.25) is 14.6 Å². The zero-order valence-corrected chi connectivity index (χ0v) is 10.2. The monoisotopic (exact) mass is 264 g/mol. The van der Waals surface area contributed by atoms with E-state index in [0.717, 1.165) is 0 Å². The van der Waals surface area contributed by atoms with Gasteiger partial charge in [-0.1, -0.05) is 0 Å². The lowest BCUT2D eigenvalue weighted by Gasteiger charge is -2.04. The van der Waals surface area contributed by atoms with Crippen molar-refractivity contribution in [1.82, 2.24) is 4.98 Å². The van der Waals surface area contributed by atoms with Crippen molar-refractivity contribution in [1.29, 1.82) is 0 Å². The van der Waals surface area contributed by atoms with Crippen molar-refractivity contribution in [3.05, 3.63) is 28.7 Å². The number of anilines is 1. The molecular weight excluding hydrogens is 252 g/mol. The average Bonchev–Trinajstić information content (AvgIpc) is 2.68. The minimum atomic E-state index is -0.589. The molecule has 0 radical (unpaired) electrons. The third kappa shape index (κ3) is 3.21. The number of oxazole rings is 1. The quantitative estimate of drug-likeness (QED) is 0.634. The fourth-order valence-corrected chi connectivity index (χ4v) is 1.57. The van der Waals surface area contributed by atoms with Crippen LogP contribution in [0.15, 0.2) is 27.4 Å². The van der Waals surface area contributed by atoms with Gasteiger partial charge in [0.05, 0.1) is 12.1 Å². The van der Waals surface area contributed by atoms with E-state index in [2.05, 4.69) is 15.0 Å². The van der Waals surface area contributed by atoms with Crippen molar-refractivity contribution in [3.8, 4) is 0 Å². The van der Waals surface area contributed by atoms with Gasteiger partial charge in [0.1, 0.15) is 6.42 Å². The van der Waals surface area contributed by atoms with E-state index in [0.29, 0.717) is 16.8 Å². The van der Waals surface area contributed by atoms with Crippen LogP contribution in [-0.4, -0.2) is 23.5 Å². The topological polar surface area (TPSA) is 101 Å². The van der Waals surface area contributed by atoms with E-state index in [-0.39, 0.29) is 13.0 Å². The molecule has 0 atom stereocenters. The summed E-state index contributed by atoms with van der Waals surface area (Å²) < 4.78 is 9.51. The highest BCUT2D eigenvalue weighted by Crippen LogP contribution is 2.16. The number of hydrogen-bond acceptors (Lipinski definition) is 5. The second-order valence-electron chi connectivity index (χ2n) is 3.76. The highest BCUT2D eigenvalue weighted by molar-refractivity contribution is 6.02. The van der Waals surface area contributed by atoms with Crippen LogP contribution in [0.4, 0.5) is 5.69 Å². The number of carbonyl (C=O) groups excluding carboxylic acids is 2. The molecule has 0 spiro atoms. The number of aromatic amines is 1. The number of hydrogen-bond donors (Lipinski definition) is 2. The van der Waals surface area contributed by atoms with E-state index < -0.39 is 17.6 Å². The molecule has 0 saturated carbocycles. The number of fused-ring (bicyclic) bond motifs is 1. The van der Waals surface area contributed by atoms with Gasteiger partial charge in [-0.05, 0) is 19.1 Å². The first-order valence-corrected chi connectivity index (χ1v) is 5.67. The molecule has 1 aromatic carbocycles. The van der Waals surface area contributed by atoms with Crippen molar-refractivity contribution in [3.63, 3.8) is 0 Å². The minimum absolute atomic E-state index is 0.229. The van der Waals surface area contributed by atoms with Gasteiger partial charge in [0.2, 0.25) is 5.91 Å². The van der Waals surface area contributed by atoms with Crippen LogP contribution in [0.5, 0.6) is 0 Å². The number of esters is 1. The van der Waals surface area contributed by atoms with Gasteiger partial charge in [0.25, 0.3) is 0 Å². The second kappa shape index (κ2) is 5.38. The number of amides is 1. The van der Waals surface area contributed by atoms with Crippen LogP contribution < -0.4 is 11.1 Å². The molecule has 0 aliphatic heterocycles. The summed E-state index contributed by atoms with van der Waals surface area (Å²) in [6.45, 7) is 1.89. The SMILES string of the molecule is CCOC(=O)CC(=O)Nc1ccc2[nH]c(=O)oc2c1. The molecule has 2 rings (SSSR count). The summed E-state index contributed by atoms with van der Waals surface area (Å²) in [4.78, 5) is 36.1. The van der Waals surface area contributed by atoms with E-state index in [1.54, 1.807) is 19.1 Å². The Hall–Kier alpha value is -2.57. The Morgan fingerprint density at radius 2 is 2.21 bits per heavy atom. The van der Waals surface area contributed by atoms with Crippen LogP contribution >= 0.6 is 0 Å². The Balaban J connectivity index is 2.06. The average molecular weight is 264 g/mol. The molecule has 100 valence electrons. The first-order chi connectivity index (χ1) is 9.08. The molecule has 7 heteroatoms. The number of carbonyl (C=O) groups is 2. The number of aromatic nitrogens is 1. The van der Waals surface area contributed by atoms with E-state index in [1.165, 1.54) is 6.07 Å². The van der Waals surface area contributed by atoms with E-state index in [4.69, 9.17) is 4.42 Å². The molecule has 2 N–H and O–H groups in total. The standard InChI is InChI=1S/C12H12N2O5/c1-2-18-11(16)6-10(15)13-7-3-4-8-9(5-7)19-12(17)14-8/h3-5H,2,6H2,1H3,(H,13,15)(H,14,17). The molecule has 7 nitrogen and oxygen atoms in total. The summed E-state index contributed by atoms with van der Waals surface area (Å²) in [7, 11) is 0. The zero-order chi connectivity index (χ0) is 13.8. The fourth-order valence-electron chi connectivity index (χ4n) is 1.57. The Labute approximate surface area is 107 Å². The van der Waals surface area contributed by atoms with Crippen molar-refractivity contribution in [2.24, 2.45) is 0 Å². The minimum Gasteiger partial charge on any atom is -0.466 e. The van der Waals surface area contributed by atoms with E-state index in [1.807, 2.05) is 0 Å². The maximum Gasteiger partial charge on any atom is 0.417 e. The zero-order valence-electron chi connectivity index (χ0n) is 10.2. The van der Waals surface area contributed by atoms with Gasteiger partial charge < -0.3 is 14.5 Å². The predicted octanol–water partition coefficient (Wildman–Crippen LogP) is 1.01. The summed E-state index contributed by atoms with van der Waals surface area (Å²) in [6, 6.07) is 4.69. The predicted molar refractivity (Wildman–Crippen MR) is 66.7 cm³/mol. The first-order valence-electron chi connectivity index (χ1n) is 5.67. The van der Waals surface area contributed by atoms with Crippen LogP contribution in [0.25, 0.3) is 11.1 Å². The molecule has 1 heterocycles. The third-order valence-electron chi connectivity index (χ3n) is 2.31. The van der Waals surface area contributed by atoms with Crippen LogP contribution in [0, 0.1) is 0 Å². The van der Waals surface area contributed by atoms with Gasteiger partial charge in [-0.2, -0.15) is 0 Å². The molecule has 2 aromatic rings. The lowest BCUT2D eigenvalue weighted by atomic mass is 10.2. The summed E-state index contributed by atoms with van der Waals surface area (Å²) in [5.41, 5.74) is 1.30. The smallest absolute Gasteiger partial charge is 0.417 e. The molecule has 0 saturated heterocycles. The van der Waals surface area contributed by atoms with Crippen molar-refractivity contribution in [2.75, 3.05) is 11.9 Å². The summed E-state index contributed by atoms with van der Waals surface area (Å²) in [6.07, 6.45) is -0.358. The van der Waals surface area contributed by atoms with Gasteiger partial charge in [-0.15, -0.1) is 0 Å². The van der Waals surface area contributed by atoms with Crippen LogP contribution in [-0.2, 0) is 14.3 Å². The molecule has 0 aliphatic carbocycles. The molecular formula is C12H12N2O5. The van der Waals surface area contributed by atoms with E-state index >= 15 is 0 Å². The highest BCUT2D eigenvalue weighted by Gasteiger charge is 2.11. The van der Waals surface area contributed by atoms with Gasteiger partial charge in [0.15, 0.2) is 5.58 Å². The number of rotatable bonds is 4. The molecule has 0 aliphatic rings. The fraction of sp³-hybridized carbons (Fsp3) is 0.250. The Kier molecular flexibility index (Phi) is 3.65.